The number of ether oxygens (including phenoxy) is 1. The van der Waals surface area contributed by atoms with Gasteiger partial charge in [0.2, 0.25) is 0 Å². The van der Waals surface area contributed by atoms with Gasteiger partial charge in [-0.05, 0) is 35.7 Å². The van der Waals surface area contributed by atoms with Crippen LogP contribution in [0.2, 0.25) is 0 Å². The number of benzene rings is 2. The Labute approximate surface area is 204 Å². The zero-order valence-corrected chi connectivity index (χ0v) is 20.0. The van der Waals surface area contributed by atoms with Crippen LogP contribution in [0, 0.1) is 5.92 Å². The summed E-state index contributed by atoms with van der Waals surface area (Å²) in [4.78, 5) is 37.9. The third kappa shape index (κ3) is 5.30. The van der Waals surface area contributed by atoms with Gasteiger partial charge in [-0.1, -0.05) is 68.4 Å². The predicted octanol–water partition coefficient (Wildman–Crippen LogP) is 4.65. The van der Waals surface area contributed by atoms with Gasteiger partial charge in [0.15, 0.2) is 0 Å². The lowest BCUT2D eigenvalue weighted by Gasteiger charge is -2.34. The molecule has 35 heavy (non-hydrogen) atoms. The molecule has 4 rings (SSSR count). The third-order valence-electron chi connectivity index (χ3n) is 5.73. The van der Waals surface area contributed by atoms with Gasteiger partial charge in [-0.25, -0.2) is 9.78 Å². The monoisotopic (exact) mass is 468 g/mol. The largest absolute Gasteiger partial charge is 0.467 e. The molecular formula is C28H28N4O3. The van der Waals surface area contributed by atoms with Crippen LogP contribution in [0.4, 0.5) is 11.5 Å². The highest BCUT2D eigenvalue weighted by Crippen LogP contribution is 2.26. The standard InChI is InChI=1S/C28H28N4O3/c1-20(2)25(28(34)35-3)32(19-21-12-6-4-7-13-21)26-23(18-29-22-14-8-5-9-15-22)27(33)31-17-11-10-16-24(31)30-26/h4-18,20,25H,19H2,1-3H3/t25-/m1/s1. The Morgan fingerprint density at radius 2 is 1.69 bits per heavy atom. The molecule has 0 N–H and O–H groups in total. The number of para-hydroxylation sites is 1. The lowest BCUT2D eigenvalue weighted by Crippen LogP contribution is -2.47. The highest BCUT2D eigenvalue weighted by Gasteiger charge is 2.33. The zero-order valence-electron chi connectivity index (χ0n) is 20.0. The number of aliphatic imine (C=N–C) groups is 1. The van der Waals surface area contributed by atoms with Gasteiger partial charge in [-0.3, -0.25) is 14.2 Å². The van der Waals surface area contributed by atoms with Crippen molar-refractivity contribution in [2.45, 2.75) is 26.4 Å². The summed E-state index contributed by atoms with van der Waals surface area (Å²) in [7, 11) is 1.37. The van der Waals surface area contributed by atoms with Gasteiger partial charge in [0.25, 0.3) is 5.56 Å². The van der Waals surface area contributed by atoms with E-state index < -0.39 is 12.0 Å². The molecule has 0 aliphatic heterocycles. The summed E-state index contributed by atoms with van der Waals surface area (Å²) >= 11 is 0. The lowest BCUT2D eigenvalue weighted by atomic mass is 10.0. The quantitative estimate of drug-likeness (QED) is 0.278. The van der Waals surface area contributed by atoms with Gasteiger partial charge in [0.05, 0.1) is 12.8 Å². The zero-order chi connectivity index (χ0) is 24.8. The molecule has 0 amide bonds. The highest BCUT2D eigenvalue weighted by atomic mass is 16.5. The van der Waals surface area contributed by atoms with Crippen molar-refractivity contribution in [3.8, 4) is 0 Å². The second-order valence-electron chi connectivity index (χ2n) is 8.50. The van der Waals surface area contributed by atoms with Crippen molar-refractivity contribution < 1.29 is 9.53 Å². The van der Waals surface area contributed by atoms with E-state index in [1.54, 1.807) is 18.3 Å². The molecule has 4 aromatic rings. The van der Waals surface area contributed by atoms with E-state index in [2.05, 4.69) is 4.99 Å². The molecule has 0 radical (unpaired) electrons. The molecule has 2 aromatic carbocycles. The fourth-order valence-corrected chi connectivity index (χ4v) is 4.04. The average Bonchev–Trinajstić information content (AvgIpc) is 2.88. The highest BCUT2D eigenvalue weighted by molar-refractivity contribution is 5.90. The first kappa shape index (κ1) is 23.9. The maximum atomic E-state index is 13.6. The number of carbonyl (C=O) groups is 1. The molecule has 0 saturated carbocycles. The Hall–Kier alpha value is -4.26. The Bertz CT molecular complexity index is 1380. The van der Waals surface area contributed by atoms with Crippen LogP contribution in [0.15, 0.2) is 94.8 Å². The summed E-state index contributed by atoms with van der Waals surface area (Å²) in [6.45, 7) is 4.26. The first-order valence-corrected chi connectivity index (χ1v) is 11.5. The van der Waals surface area contributed by atoms with Gasteiger partial charge in [0, 0.05) is 19.0 Å². The molecule has 0 unspecified atom stereocenters. The van der Waals surface area contributed by atoms with Crippen molar-refractivity contribution in [1.82, 2.24) is 9.38 Å². The molecule has 0 spiro atoms. The lowest BCUT2D eigenvalue weighted by molar-refractivity contribution is -0.143. The van der Waals surface area contributed by atoms with Crippen LogP contribution < -0.4 is 10.5 Å². The number of nitrogens with zero attached hydrogens (tertiary/aromatic N) is 4. The number of anilines is 1. The van der Waals surface area contributed by atoms with E-state index in [-0.39, 0.29) is 11.5 Å². The maximum Gasteiger partial charge on any atom is 0.328 e. The van der Waals surface area contributed by atoms with Gasteiger partial charge < -0.3 is 9.64 Å². The minimum absolute atomic E-state index is 0.110. The van der Waals surface area contributed by atoms with Crippen molar-refractivity contribution in [2.75, 3.05) is 12.0 Å². The first-order chi connectivity index (χ1) is 17.0. The van der Waals surface area contributed by atoms with E-state index in [9.17, 15) is 9.59 Å². The van der Waals surface area contributed by atoms with Crippen molar-refractivity contribution >= 4 is 29.3 Å². The minimum Gasteiger partial charge on any atom is -0.467 e. The molecule has 0 fully saturated rings. The van der Waals surface area contributed by atoms with Crippen LogP contribution in [0.25, 0.3) is 5.65 Å². The summed E-state index contributed by atoms with van der Waals surface area (Å²) < 4.78 is 6.66. The Morgan fingerprint density at radius 3 is 2.34 bits per heavy atom. The molecule has 178 valence electrons. The fraction of sp³-hybridized carbons (Fsp3) is 0.214. The number of esters is 1. The average molecular weight is 469 g/mol. The van der Waals surface area contributed by atoms with E-state index in [1.165, 1.54) is 17.7 Å². The normalized spacial score (nSPS) is 12.2. The second-order valence-corrected chi connectivity index (χ2v) is 8.50. The number of hydrogen-bond donors (Lipinski definition) is 0. The Morgan fingerprint density at radius 1 is 1.03 bits per heavy atom. The maximum absolute atomic E-state index is 13.6. The molecule has 0 saturated heterocycles. The molecular weight excluding hydrogens is 440 g/mol. The van der Waals surface area contributed by atoms with E-state index in [0.717, 1.165) is 5.56 Å². The van der Waals surface area contributed by atoms with Crippen LogP contribution in [-0.4, -0.2) is 34.7 Å². The van der Waals surface area contributed by atoms with E-state index >= 15 is 0 Å². The summed E-state index contributed by atoms with van der Waals surface area (Å²) in [5, 5.41) is 0. The van der Waals surface area contributed by atoms with Crippen LogP contribution in [0.5, 0.6) is 0 Å². The summed E-state index contributed by atoms with van der Waals surface area (Å²) in [5.74, 6) is -0.119. The first-order valence-electron chi connectivity index (χ1n) is 11.5. The van der Waals surface area contributed by atoms with Crippen LogP contribution in [-0.2, 0) is 16.1 Å². The third-order valence-corrected chi connectivity index (χ3v) is 5.73. The van der Waals surface area contributed by atoms with Gasteiger partial charge in [0.1, 0.15) is 23.1 Å². The van der Waals surface area contributed by atoms with Gasteiger partial charge >= 0.3 is 5.97 Å². The molecule has 7 heteroatoms. The molecule has 0 aliphatic carbocycles. The van der Waals surface area contributed by atoms with Gasteiger partial charge in [-0.15, -0.1) is 0 Å². The summed E-state index contributed by atoms with van der Waals surface area (Å²) in [5.41, 5.74) is 2.19. The molecule has 2 heterocycles. The van der Waals surface area contributed by atoms with Crippen LogP contribution in [0.3, 0.4) is 0 Å². The van der Waals surface area contributed by atoms with Crippen LogP contribution in [0.1, 0.15) is 25.0 Å². The number of hydrogen-bond acceptors (Lipinski definition) is 6. The van der Waals surface area contributed by atoms with E-state index in [0.29, 0.717) is 29.3 Å². The SMILES string of the molecule is COC(=O)[C@@H](C(C)C)N(Cc1ccccc1)c1nc2ccccn2c(=O)c1C=Nc1ccccc1. The van der Waals surface area contributed by atoms with E-state index in [4.69, 9.17) is 9.72 Å². The topological polar surface area (TPSA) is 76.3 Å². The van der Waals surface area contributed by atoms with E-state index in [1.807, 2.05) is 85.5 Å². The number of carbonyl (C=O) groups excluding carboxylic acids is 1. The van der Waals surface area contributed by atoms with Crippen molar-refractivity contribution in [3.05, 3.63) is 107 Å². The fourth-order valence-electron chi connectivity index (χ4n) is 4.04. The van der Waals surface area contributed by atoms with Gasteiger partial charge in [-0.2, -0.15) is 0 Å². The Balaban J connectivity index is 1.96. The van der Waals surface area contributed by atoms with Crippen molar-refractivity contribution in [3.63, 3.8) is 0 Å². The van der Waals surface area contributed by atoms with Crippen molar-refractivity contribution in [1.29, 1.82) is 0 Å². The molecule has 0 bridgehead atoms. The molecule has 0 aliphatic rings. The van der Waals surface area contributed by atoms with Crippen LogP contribution >= 0.6 is 0 Å². The van der Waals surface area contributed by atoms with Crippen molar-refractivity contribution in [2.24, 2.45) is 10.9 Å². The second kappa shape index (κ2) is 10.8. The smallest absolute Gasteiger partial charge is 0.328 e. The minimum atomic E-state index is -0.665. The Kier molecular flexibility index (Phi) is 7.35. The molecule has 7 nitrogen and oxygen atoms in total. The summed E-state index contributed by atoms with van der Waals surface area (Å²) in [6, 6.07) is 23.9. The predicted molar refractivity (Wildman–Crippen MR) is 138 cm³/mol. The number of aromatic nitrogens is 2. The summed E-state index contributed by atoms with van der Waals surface area (Å²) in [6.07, 6.45) is 3.21. The number of rotatable bonds is 8. The molecule has 1 atom stereocenters. The number of pyridine rings is 1. The molecule has 2 aromatic heterocycles. The number of fused-ring (bicyclic) bond motifs is 1. The number of methoxy groups -OCH3 is 1.